The normalized spacial score (nSPS) is 19.0. The SMILES string of the molecule is [B]C1([B])NC(=O)N(C(COC)c2cnn3cc(C(CCC(C)(C)C(F)(F)F)NC(=O)c4nonc4OC)nc3c2)C([B])([B])C1(F)F. The Morgan fingerprint density at radius 2 is 1.85 bits per heavy atom. The Kier molecular flexibility index (Phi) is 9.20. The fourth-order valence-electron chi connectivity index (χ4n) is 4.72. The van der Waals surface area contributed by atoms with Gasteiger partial charge in [0, 0.05) is 23.3 Å². The minimum Gasteiger partial charge on any atom is -0.477 e. The zero-order valence-corrected chi connectivity index (χ0v) is 24.9. The maximum Gasteiger partial charge on any atom is 0.393 e. The van der Waals surface area contributed by atoms with E-state index in [4.69, 9.17) is 40.9 Å². The third-order valence-electron chi connectivity index (χ3n) is 7.69. The number of hydrogen-bond donors (Lipinski definition) is 2. The second-order valence-electron chi connectivity index (χ2n) is 11.4. The zero-order valence-electron chi connectivity index (χ0n) is 24.9. The third kappa shape index (κ3) is 6.14. The summed E-state index contributed by atoms with van der Waals surface area (Å²) in [6.45, 7) is 1.61. The molecule has 8 radical (unpaired) electrons. The molecule has 2 N–H and O–H groups in total. The summed E-state index contributed by atoms with van der Waals surface area (Å²) in [7, 11) is 24.8. The van der Waals surface area contributed by atoms with Gasteiger partial charge in [0.15, 0.2) is 5.65 Å². The Morgan fingerprint density at radius 1 is 1.17 bits per heavy atom. The highest BCUT2D eigenvalue weighted by Gasteiger charge is 2.64. The van der Waals surface area contributed by atoms with E-state index in [1.165, 1.54) is 37.2 Å². The first-order valence-electron chi connectivity index (χ1n) is 13.4. The molecule has 3 amide bonds. The summed E-state index contributed by atoms with van der Waals surface area (Å²) < 4.78 is 87.1. The average molecular weight is 644 g/mol. The second kappa shape index (κ2) is 12.1. The maximum absolute atomic E-state index is 15.2. The van der Waals surface area contributed by atoms with Crippen molar-refractivity contribution in [2.24, 2.45) is 5.41 Å². The van der Waals surface area contributed by atoms with Gasteiger partial charge in [-0.2, -0.15) is 18.3 Å². The summed E-state index contributed by atoms with van der Waals surface area (Å²) in [4.78, 5) is 30.8. The number of imidazole rings is 1. The lowest BCUT2D eigenvalue weighted by molar-refractivity contribution is -0.214. The first-order chi connectivity index (χ1) is 21.2. The van der Waals surface area contributed by atoms with Gasteiger partial charge in [0.1, 0.15) is 0 Å². The van der Waals surface area contributed by atoms with Gasteiger partial charge in [-0.05, 0) is 29.2 Å². The van der Waals surface area contributed by atoms with Crippen LogP contribution in [0.4, 0.5) is 26.7 Å². The fraction of sp³-hybridized carbons (Fsp3) is 0.583. The predicted octanol–water partition coefficient (Wildman–Crippen LogP) is 1.29. The smallest absolute Gasteiger partial charge is 0.393 e. The summed E-state index contributed by atoms with van der Waals surface area (Å²) in [5.74, 6) is -5.41. The Labute approximate surface area is 264 Å². The number of ether oxygens (including phenoxy) is 2. The molecule has 0 aromatic carbocycles. The van der Waals surface area contributed by atoms with Gasteiger partial charge in [-0.25, -0.2) is 27.7 Å². The number of carbonyl (C=O) groups excluding carboxylic acids is 2. The molecule has 2 unspecified atom stereocenters. The predicted molar refractivity (Wildman–Crippen MR) is 152 cm³/mol. The molecule has 1 fully saturated rings. The molecule has 3 aromatic heterocycles. The minimum atomic E-state index is -4.56. The monoisotopic (exact) mass is 644 g/mol. The van der Waals surface area contributed by atoms with Crippen LogP contribution < -0.4 is 15.4 Å². The molecule has 4 heterocycles. The molecular weight excluding hydrogens is 619 g/mol. The quantitative estimate of drug-likeness (QED) is 0.233. The molecular formula is C24H25B4F5N8O5. The van der Waals surface area contributed by atoms with E-state index in [0.29, 0.717) is 4.90 Å². The van der Waals surface area contributed by atoms with Gasteiger partial charge in [-0.3, -0.25) is 4.79 Å². The van der Waals surface area contributed by atoms with Gasteiger partial charge in [0.05, 0.1) is 80.7 Å². The highest BCUT2D eigenvalue weighted by molar-refractivity contribution is 6.48. The molecule has 1 saturated heterocycles. The summed E-state index contributed by atoms with van der Waals surface area (Å²) in [6, 6.07) is -2.43. The lowest BCUT2D eigenvalue weighted by atomic mass is 9.43. The number of nitrogens with zero attached hydrogens (tertiary/aromatic N) is 6. The molecule has 4 rings (SSSR count). The fourth-order valence-corrected chi connectivity index (χ4v) is 4.72. The standard InChI is InChI=1S/C24H25B4F5N8O5/c1-20(2,24(31,32)33)6-5-12(36-17(42)16-18(45-4)39-46-38-16)13-9-40-15(35-13)7-11(8-34-40)14(10-44-3)41-19(43)37-22(25,26)21(29,30)23(41,27)28/h7-9,12,14H,5-6,10H2,1-4H3,(H,36,42)(H,37,43). The van der Waals surface area contributed by atoms with Crippen molar-refractivity contribution in [2.75, 3.05) is 20.8 Å². The van der Waals surface area contributed by atoms with Gasteiger partial charge in [-0.1, -0.05) is 13.8 Å². The Balaban J connectivity index is 1.72. The number of fused-ring (bicyclic) bond motifs is 1. The van der Waals surface area contributed by atoms with Crippen LogP contribution in [0.15, 0.2) is 23.1 Å². The van der Waals surface area contributed by atoms with E-state index >= 15 is 8.78 Å². The van der Waals surface area contributed by atoms with Crippen LogP contribution in [0.1, 0.15) is 60.5 Å². The van der Waals surface area contributed by atoms with Crippen molar-refractivity contribution in [3.63, 3.8) is 0 Å². The lowest BCUT2D eigenvalue weighted by Crippen LogP contribution is -2.83. The first-order valence-corrected chi connectivity index (χ1v) is 13.4. The molecule has 46 heavy (non-hydrogen) atoms. The maximum atomic E-state index is 15.2. The average Bonchev–Trinajstić information content (AvgIpc) is 3.60. The van der Waals surface area contributed by atoms with Gasteiger partial charge < -0.3 is 25.0 Å². The van der Waals surface area contributed by atoms with Crippen molar-refractivity contribution in [1.82, 2.24) is 40.4 Å². The number of alkyl halides is 5. The number of urea groups is 1. The van der Waals surface area contributed by atoms with Crippen molar-refractivity contribution in [2.45, 2.75) is 61.5 Å². The number of nitrogens with one attached hydrogen (secondary N) is 2. The topological polar surface area (TPSA) is 149 Å². The number of methoxy groups -OCH3 is 2. The number of hydrogen-bond acceptors (Lipinski definition) is 9. The van der Waals surface area contributed by atoms with E-state index in [9.17, 15) is 22.8 Å². The third-order valence-corrected chi connectivity index (χ3v) is 7.69. The molecule has 3 aromatic rings. The van der Waals surface area contributed by atoms with Crippen LogP contribution in [0.2, 0.25) is 0 Å². The van der Waals surface area contributed by atoms with Crippen molar-refractivity contribution in [1.29, 1.82) is 0 Å². The molecule has 2 atom stereocenters. The summed E-state index contributed by atoms with van der Waals surface area (Å²) in [6.07, 6.45) is -2.72. The molecule has 238 valence electrons. The zero-order chi connectivity index (χ0) is 34.5. The molecule has 1 aliphatic rings. The Hall–Kier alpha value is -3.83. The van der Waals surface area contributed by atoms with Gasteiger partial charge in [-0.15, -0.1) is 0 Å². The van der Waals surface area contributed by atoms with Crippen LogP contribution >= 0.6 is 0 Å². The van der Waals surface area contributed by atoms with Crippen molar-refractivity contribution in [3.05, 3.63) is 35.4 Å². The largest absolute Gasteiger partial charge is 0.477 e. The Bertz CT molecular complexity index is 1600. The highest BCUT2D eigenvalue weighted by Crippen LogP contribution is 2.44. The van der Waals surface area contributed by atoms with Crippen LogP contribution in [0.5, 0.6) is 5.88 Å². The molecule has 0 saturated carbocycles. The van der Waals surface area contributed by atoms with E-state index in [1.54, 1.807) is 5.32 Å². The lowest BCUT2D eigenvalue weighted by Gasteiger charge is -2.58. The van der Waals surface area contributed by atoms with E-state index in [1.807, 2.05) is 0 Å². The van der Waals surface area contributed by atoms with Crippen molar-refractivity contribution in [3.8, 4) is 5.88 Å². The van der Waals surface area contributed by atoms with Crippen LogP contribution in [-0.2, 0) is 4.74 Å². The van der Waals surface area contributed by atoms with Gasteiger partial charge in [0.2, 0.25) is 5.69 Å². The van der Waals surface area contributed by atoms with Crippen LogP contribution in [0.3, 0.4) is 0 Å². The van der Waals surface area contributed by atoms with E-state index in [0.717, 1.165) is 13.8 Å². The number of halogens is 5. The van der Waals surface area contributed by atoms with Crippen LogP contribution in [-0.4, -0.2) is 117 Å². The van der Waals surface area contributed by atoms with Gasteiger partial charge >= 0.3 is 12.2 Å². The summed E-state index contributed by atoms with van der Waals surface area (Å²) in [5.41, 5.74) is -2.33. The first kappa shape index (κ1) is 35.0. The van der Waals surface area contributed by atoms with E-state index in [-0.39, 0.29) is 34.9 Å². The number of rotatable bonds is 11. The minimum absolute atomic E-state index is 0.0411. The molecule has 0 spiro atoms. The van der Waals surface area contributed by atoms with E-state index in [2.05, 4.69) is 30.3 Å². The molecule has 22 heteroatoms. The molecule has 13 nitrogen and oxygen atoms in total. The number of aromatic nitrogens is 5. The molecule has 0 bridgehead atoms. The Morgan fingerprint density at radius 3 is 2.46 bits per heavy atom. The summed E-state index contributed by atoms with van der Waals surface area (Å²) in [5, 5.41) is 9.14. The van der Waals surface area contributed by atoms with Gasteiger partial charge in [0.25, 0.3) is 17.7 Å². The van der Waals surface area contributed by atoms with Crippen molar-refractivity contribution >= 4 is 49.0 Å². The number of amides is 3. The molecule has 1 aliphatic heterocycles. The molecule has 0 aliphatic carbocycles. The number of carbonyl (C=O) groups is 2. The summed E-state index contributed by atoms with van der Waals surface area (Å²) >= 11 is 0. The van der Waals surface area contributed by atoms with Crippen LogP contribution in [0.25, 0.3) is 5.65 Å². The second-order valence-corrected chi connectivity index (χ2v) is 11.4. The van der Waals surface area contributed by atoms with Crippen LogP contribution in [0, 0.1) is 5.41 Å². The highest BCUT2D eigenvalue weighted by atomic mass is 19.4. The van der Waals surface area contributed by atoms with E-state index < -0.39 is 65.2 Å². The van der Waals surface area contributed by atoms with Crippen molar-refractivity contribution < 1.29 is 45.6 Å².